The Labute approximate surface area is 121 Å². The molecule has 2 atom stereocenters. The van der Waals surface area contributed by atoms with Crippen LogP contribution in [0.5, 0.6) is 0 Å². The van der Waals surface area contributed by atoms with E-state index in [2.05, 4.69) is 22.1 Å². The average Bonchev–Trinajstić information content (AvgIpc) is 2.45. The van der Waals surface area contributed by atoms with Gasteiger partial charge in [-0.15, -0.1) is 0 Å². The van der Waals surface area contributed by atoms with E-state index in [1.165, 1.54) is 6.20 Å². The molecule has 0 aliphatic heterocycles. The number of hydrogen-bond donors (Lipinski definition) is 2. The molecule has 1 aromatic heterocycles. The van der Waals surface area contributed by atoms with E-state index in [9.17, 15) is 9.00 Å². The van der Waals surface area contributed by atoms with Crippen LogP contribution in [0.2, 0.25) is 0 Å². The zero-order chi connectivity index (χ0) is 15.0. The Morgan fingerprint density at radius 1 is 1.55 bits per heavy atom. The Bertz CT molecular complexity index is 532. The molecule has 2 N–H and O–H groups in total. The van der Waals surface area contributed by atoms with Gasteiger partial charge >= 0.3 is 0 Å². The summed E-state index contributed by atoms with van der Waals surface area (Å²) in [5, 5.41) is 11.4. The number of aliphatic hydroxyl groups excluding tert-OH is 1. The first kappa shape index (κ1) is 16.3. The minimum atomic E-state index is -0.879. The van der Waals surface area contributed by atoms with Gasteiger partial charge in [0.25, 0.3) is 5.91 Å². The van der Waals surface area contributed by atoms with Gasteiger partial charge in [-0.05, 0) is 18.6 Å². The third-order valence-electron chi connectivity index (χ3n) is 2.71. The molecule has 20 heavy (non-hydrogen) atoms. The number of rotatable bonds is 5. The van der Waals surface area contributed by atoms with Gasteiger partial charge in [-0.1, -0.05) is 18.8 Å². The molecule has 2 unspecified atom stereocenters. The van der Waals surface area contributed by atoms with E-state index in [-0.39, 0.29) is 17.8 Å². The van der Waals surface area contributed by atoms with Crippen molar-refractivity contribution in [2.24, 2.45) is 0 Å². The normalized spacial score (nSPS) is 12.9. The highest BCUT2D eigenvalue weighted by molar-refractivity contribution is 7.84. The fourth-order valence-electron chi connectivity index (χ4n) is 1.39. The first-order valence-corrected chi connectivity index (χ1v) is 7.83. The smallest absolute Gasteiger partial charge is 0.269 e. The van der Waals surface area contributed by atoms with Crippen LogP contribution in [0.1, 0.15) is 29.4 Å². The maximum atomic E-state index is 11.8. The number of nitrogens with zero attached hydrogens (tertiary/aromatic N) is 1. The van der Waals surface area contributed by atoms with E-state index in [0.29, 0.717) is 24.2 Å². The van der Waals surface area contributed by atoms with Gasteiger partial charge in [0.15, 0.2) is 0 Å². The molecule has 0 aliphatic carbocycles. The second-order valence-corrected chi connectivity index (χ2v) is 6.05. The summed E-state index contributed by atoms with van der Waals surface area (Å²) in [6, 6.07) is 3.26. The summed E-state index contributed by atoms with van der Waals surface area (Å²) >= 11 is 0. The number of amides is 1. The number of carbonyl (C=O) groups excluding carboxylic acids is 1. The van der Waals surface area contributed by atoms with Crippen LogP contribution >= 0.6 is 0 Å². The van der Waals surface area contributed by atoms with Gasteiger partial charge < -0.3 is 10.4 Å². The van der Waals surface area contributed by atoms with Crippen molar-refractivity contribution < 1.29 is 14.1 Å². The monoisotopic (exact) mass is 294 g/mol. The molecular weight excluding hydrogens is 276 g/mol. The minimum Gasteiger partial charge on any atom is -0.384 e. The minimum absolute atomic E-state index is 0.0550. The summed E-state index contributed by atoms with van der Waals surface area (Å²) < 4.78 is 11.2. The maximum absolute atomic E-state index is 11.8. The lowest BCUT2D eigenvalue weighted by Crippen LogP contribution is -2.28. The molecule has 0 saturated heterocycles. The van der Waals surface area contributed by atoms with E-state index in [1.807, 2.05) is 6.92 Å². The van der Waals surface area contributed by atoms with Crippen molar-refractivity contribution in [3.63, 3.8) is 0 Å². The maximum Gasteiger partial charge on any atom is 0.269 e. The van der Waals surface area contributed by atoms with Crippen LogP contribution in [0, 0.1) is 11.8 Å². The van der Waals surface area contributed by atoms with Crippen LogP contribution in [0.15, 0.2) is 18.3 Å². The molecular formula is C14H18N2O3S. The first-order valence-electron chi connectivity index (χ1n) is 6.20. The highest BCUT2D eigenvalue weighted by Crippen LogP contribution is 2.00. The molecule has 0 aromatic carbocycles. The predicted octanol–water partition coefficient (Wildman–Crippen LogP) is 0.312. The summed E-state index contributed by atoms with van der Waals surface area (Å²) in [5.74, 6) is 4.95. The molecule has 1 amide bonds. The summed E-state index contributed by atoms with van der Waals surface area (Å²) in [6.45, 7) is 2.14. The molecule has 0 radical (unpaired) electrons. The van der Waals surface area contributed by atoms with Gasteiger partial charge in [0.05, 0.1) is 0 Å². The zero-order valence-corrected chi connectivity index (χ0v) is 12.4. The van der Waals surface area contributed by atoms with Crippen molar-refractivity contribution in [3.8, 4) is 11.8 Å². The molecule has 0 spiro atoms. The highest BCUT2D eigenvalue weighted by atomic mass is 32.2. The van der Waals surface area contributed by atoms with Crippen LogP contribution in [0.25, 0.3) is 0 Å². The third kappa shape index (κ3) is 5.51. The number of aromatic nitrogens is 1. The van der Waals surface area contributed by atoms with E-state index >= 15 is 0 Å². The number of carbonyl (C=O) groups is 1. The summed E-state index contributed by atoms with van der Waals surface area (Å²) in [4.78, 5) is 15.8. The van der Waals surface area contributed by atoms with Crippen molar-refractivity contribution >= 4 is 16.7 Å². The standard InChI is InChI=1S/C14H18N2O3S/c1-11(20(2)19)7-8-15-14(18)13-6-5-12(10-16-13)4-3-9-17/h5-6,10-11,17H,7-9H2,1-2H3,(H,15,18). The van der Waals surface area contributed by atoms with Gasteiger partial charge in [0.1, 0.15) is 12.3 Å². The lowest BCUT2D eigenvalue weighted by Gasteiger charge is -2.08. The number of hydrogen-bond acceptors (Lipinski definition) is 4. The quantitative estimate of drug-likeness (QED) is 0.766. The lowest BCUT2D eigenvalue weighted by molar-refractivity contribution is 0.0948. The Kier molecular flexibility index (Phi) is 6.91. The molecule has 0 aliphatic rings. The van der Waals surface area contributed by atoms with Crippen LogP contribution in [-0.2, 0) is 10.8 Å². The number of aliphatic hydroxyl groups is 1. The second kappa shape index (κ2) is 8.46. The Balaban J connectivity index is 2.49. The van der Waals surface area contributed by atoms with Crippen molar-refractivity contribution in [1.29, 1.82) is 0 Å². The molecule has 0 saturated carbocycles. The molecule has 1 heterocycles. The molecule has 0 fully saturated rings. The molecule has 1 aromatic rings. The predicted molar refractivity (Wildman–Crippen MR) is 78.7 cm³/mol. The fraction of sp³-hybridized carbons (Fsp3) is 0.429. The van der Waals surface area contributed by atoms with Gasteiger partial charge in [-0.3, -0.25) is 9.00 Å². The van der Waals surface area contributed by atoms with Gasteiger partial charge in [0, 0.05) is 40.6 Å². The van der Waals surface area contributed by atoms with Crippen molar-refractivity contribution in [2.75, 3.05) is 19.4 Å². The van der Waals surface area contributed by atoms with Gasteiger partial charge in [-0.25, -0.2) is 4.98 Å². The van der Waals surface area contributed by atoms with Crippen LogP contribution < -0.4 is 5.32 Å². The Morgan fingerprint density at radius 3 is 2.85 bits per heavy atom. The fourth-order valence-corrected chi connectivity index (χ4v) is 1.84. The zero-order valence-electron chi connectivity index (χ0n) is 11.5. The van der Waals surface area contributed by atoms with E-state index < -0.39 is 10.8 Å². The number of pyridine rings is 1. The average molecular weight is 294 g/mol. The van der Waals surface area contributed by atoms with Gasteiger partial charge in [0.2, 0.25) is 0 Å². The van der Waals surface area contributed by atoms with E-state index in [4.69, 9.17) is 5.11 Å². The van der Waals surface area contributed by atoms with Crippen LogP contribution in [0.4, 0.5) is 0 Å². The molecule has 6 heteroatoms. The summed E-state index contributed by atoms with van der Waals surface area (Å²) in [5.41, 5.74) is 0.954. The molecule has 1 rings (SSSR count). The Hall–Kier alpha value is -1.71. The SMILES string of the molecule is CC(CCNC(=O)c1ccc(C#CCO)cn1)S(C)=O. The van der Waals surface area contributed by atoms with E-state index in [1.54, 1.807) is 18.4 Å². The Morgan fingerprint density at radius 2 is 2.30 bits per heavy atom. The van der Waals surface area contributed by atoms with Crippen molar-refractivity contribution in [1.82, 2.24) is 10.3 Å². The first-order chi connectivity index (χ1) is 9.54. The highest BCUT2D eigenvalue weighted by Gasteiger charge is 2.09. The molecule has 108 valence electrons. The topological polar surface area (TPSA) is 79.3 Å². The van der Waals surface area contributed by atoms with Crippen LogP contribution in [0.3, 0.4) is 0 Å². The van der Waals surface area contributed by atoms with Gasteiger partial charge in [-0.2, -0.15) is 0 Å². The lowest BCUT2D eigenvalue weighted by atomic mass is 10.2. The van der Waals surface area contributed by atoms with Crippen molar-refractivity contribution in [3.05, 3.63) is 29.6 Å². The number of nitrogens with one attached hydrogen (secondary N) is 1. The van der Waals surface area contributed by atoms with Crippen LogP contribution in [-0.4, -0.2) is 44.9 Å². The third-order valence-corrected chi connectivity index (χ3v) is 4.08. The molecule has 5 nitrogen and oxygen atoms in total. The summed E-state index contributed by atoms with van der Waals surface area (Å²) in [7, 11) is -0.879. The summed E-state index contributed by atoms with van der Waals surface area (Å²) in [6.07, 6.45) is 3.80. The van der Waals surface area contributed by atoms with Crippen molar-refractivity contribution in [2.45, 2.75) is 18.6 Å². The van der Waals surface area contributed by atoms with E-state index in [0.717, 1.165) is 0 Å². The largest absolute Gasteiger partial charge is 0.384 e. The second-order valence-electron chi connectivity index (χ2n) is 4.25. The molecule has 0 bridgehead atoms.